The normalized spacial score (nSPS) is 17.5. The summed E-state index contributed by atoms with van der Waals surface area (Å²) in [4.78, 5) is 5.78. The Kier molecular flexibility index (Phi) is 4.21. The van der Waals surface area contributed by atoms with E-state index in [1.807, 2.05) is 10.9 Å². The van der Waals surface area contributed by atoms with Crippen molar-refractivity contribution in [3.8, 4) is 21.7 Å². The molecule has 1 fully saturated rings. The zero-order valence-corrected chi connectivity index (χ0v) is 14.8. The summed E-state index contributed by atoms with van der Waals surface area (Å²) < 4.78 is 7.70. The van der Waals surface area contributed by atoms with E-state index < -0.39 is 0 Å². The molecule has 1 aliphatic rings. The summed E-state index contributed by atoms with van der Waals surface area (Å²) in [6, 6.07) is 10.6. The minimum atomic E-state index is 0.312. The molecule has 1 aliphatic heterocycles. The van der Waals surface area contributed by atoms with Crippen LogP contribution in [0.25, 0.3) is 21.7 Å². The maximum absolute atomic E-state index is 5.70. The van der Waals surface area contributed by atoms with Crippen molar-refractivity contribution < 1.29 is 4.74 Å². The van der Waals surface area contributed by atoms with E-state index >= 15 is 0 Å². The summed E-state index contributed by atoms with van der Waals surface area (Å²) in [7, 11) is 0. The first kappa shape index (κ1) is 15.5. The van der Waals surface area contributed by atoms with Crippen LogP contribution in [0.3, 0.4) is 0 Å². The van der Waals surface area contributed by atoms with Gasteiger partial charge in [-0.05, 0) is 44.4 Å². The maximum atomic E-state index is 5.70. The smallest absolute Gasteiger partial charge is 0.0923 e. The van der Waals surface area contributed by atoms with E-state index in [1.165, 1.54) is 10.4 Å². The van der Waals surface area contributed by atoms with Gasteiger partial charge < -0.3 is 4.74 Å². The minimum Gasteiger partial charge on any atom is -0.376 e. The molecule has 124 valence electrons. The zero-order chi connectivity index (χ0) is 16.5. The quantitative estimate of drug-likeness (QED) is 0.704. The van der Waals surface area contributed by atoms with Crippen molar-refractivity contribution in [2.75, 3.05) is 6.61 Å². The van der Waals surface area contributed by atoms with Crippen molar-refractivity contribution in [3.63, 3.8) is 0 Å². The van der Waals surface area contributed by atoms with Crippen LogP contribution < -0.4 is 0 Å². The predicted octanol–water partition coefficient (Wildman–Crippen LogP) is 4.47. The van der Waals surface area contributed by atoms with Gasteiger partial charge in [0.1, 0.15) is 0 Å². The highest BCUT2D eigenvalue weighted by Gasteiger charge is 2.16. The first-order valence-electron chi connectivity index (χ1n) is 8.39. The van der Waals surface area contributed by atoms with Gasteiger partial charge in [0.15, 0.2) is 0 Å². The van der Waals surface area contributed by atoms with Crippen molar-refractivity contribution in [3.05, 3.63) is 47.2 Å². The molecule has 3 heterocycles. The highest BCUT2D eigenvalue weighted by Crippen LogP contribution is 2.32. The van der Waals surface area contributed by atoms with Gasteiger partial charge in [-0.15, -0.1) is 11.3 Å². The molecule has 0 unspecified atom stereocenters. The van der Waals surface area contributed by atoms with E-state index in [0.717, 1.165) is 48.0 Å². The third-order valence-electron chi connectivity index (χ3n) is 4.38. The summed E-state index contributed by atoms with van der Waals surface area (Å²) in [5, 5.41) is 5.84. The van der Waals surface area contributed by atoms with Crippen LogP contribution in [0.4, 0.5) is 0 Å². The number of rotatable bonds is 4. The van der Waals surface area contributed by atoms with E-state index in [1.54, 1.807) is 11.3 Å². The predicted molar refractivity (Wildman–Crippen MR) is 97.2 cm³/mol. The van der Waals surface area contributed by atoms with Gasteiger partial charge in [0.2, 0.25) is 0 Å². The average Bonchev–Trinajstić information content (AvgIpc) is 3.30. The number of hydrogen-bond acceptors (Lipinski definition) is 4. The molecule has 5 heteroatoms. The second-order valence-electron chi connectivity index (χ2n) is 6.29. The van der Waals surface area contributed by atoms with E-state index in [9.17, 15) is 0 Å². The fourth-order valence-corrected chi connectivity index (χ4v) is 4.15. The Morgan fingerprint density at radius 2 is 2.12 bits per heavy atom. The summed E-state index contributed by atoms with van der Waals surface area (Å²) in [6.07, 6.45) is 4.65. The molecule has 1 saturated heterocycles. The van der Waals surface area contributed by atoms with Crippen LogP contribution >= 0.6 is 11.3 Å². The molecule has 2 aromatic heterocycles. The van der Waals surface area contributed by atoms with Crippen molar-refractivity contribution in [2.45, 2.75) is 39.3 Å². The molecule has 0 aliphatic carbocycles. The Hall–Kier alpha value is -1.98. The Balaban J connectivity index is 1.59. The average molecular weight is 339 g/mol. The fraction of sp³-hybridized carbons (Fsp3) is 0.368. The Bertz CT molecular complexity index is 846. The van der Waals surface area contributed by atoms with Gasteiger partial charge in [0, 0.05) is 18.4 Å². The van der Waals surface area contributed by atoms with Crippen molar-refractivity contribution >= 4 is 11.3 Å². The number of aryl methyl sites for hydroxylation is 2. The van der Waals surface area contributed by atoms with Crippen LogP contribution in [0, 0.1) is 13.8 Å². The monoisotopic (exact) mass is 339 g/mol. The van der Waals surface area contributed by atoms with Crippen molar-refractivity contribution in [1.29, 1.82) is 0 Å². The Morgan fingerprint density at radius 1 is 1.25 bits per heavy atom. The van der Waals surface area contributed by atoms with E-state index in [0.29, 0.717) is 6.10 Å². The van der Waals surface area contributed by atoms with Crippen molar-refractivity contribution in [2.24, 2.45) is 0 Å². The van der Waals surface area contributed by atoms with Gasteiger partial charge in [-0.1, -0.05) is 18.2 Å². The molecule has 0 amide bonds. The number of benzene rings is 1. The molecule has 0 bridgehead atoms. The largest absolute Gasteiger partial charge is 0.376 e. The molecular weight excluding hydrogens is 318 g/mol. The fourth-order valence-electron chi connectivity index (χ4n) is 3.23. The molecule has 24 heavy (non-hydrogen) atoms. The summed E-state index contributed by atoms with van der Waals surface area (Å²) in [6.45, 7) is 5.85. The molecule has 1 atom stereocenters. The number of ether oxygens (including phenoxy) is 1. The van der Waals surface area contributed by atoms with Crippen LogP contribution in [-0.2, 0) is 11.3 Å². The van der Waals surface area contributed by atoms with Gasteiger partial charge in [-0.2, -0.15) is 5.10 Å². The molecule has 1 aromatic carbocycles. The molecule has 4 nitrogen and oxygen atoms in total. The maximum Gasteiger partial charge on any atom is 0.0923 e. The lowest BCUT2D eigenvalue weighted by Crippen LogP contribution is -2.15. The molecule has 4 rings (SSSR count). The molecule has 0 saturated carbocycles. The number of thiazole rings is 1. The lowest BCUT2D eigenvalue weighted by molar-refractivity contribution is 0.0940. The Morgan fingerprint density at radius 3 is 2.88 bits per heavy atom. The van der Waals surface area contributed by atoms with Gasteiger partial charge in [-0.3, -0.25) is 4.68 Å². The SMILES string of the molecule is Cc1nc(C)c(-c2cccc(-c3ccn(C[C@H]4CCCO4)n3)c2)s1. The number of nitrogens with zero attached hydrogens (tertiary/aromatic N) is 3. The van der Waals surface area contributed by atoms with E-state index in [2.05, 4.69) is 49.2 Å². The summed E-state index contributed by atoms with van der Waals surface area (Å²) >= 11 is 1.74. The standard InChI is InChI=1S/C19H21N3OS/c1-13-19(24-14(2)20-13)16-6-3-5-15(11-16)18-8-9-22(21-18)12-17-7-4-10-23-17/h3,5-6,8-9,11,17H,4,7,10,12H2,1-2H3/t17-/m1/s1. The van der Waals surface area contributed by atoms with Gasteiger partial charge in [0.25, 0.3) is 0 Å². The van der Waals surface area contributed by atoms with Crippen molar-refractivity contribution in [1.82, 2.24) is 14.8 Å². The second kappa shape index (κ2) is 6.49. The highest BCUT2D eigenvalue weighted by atomic mass is 32.1. The van der Waals surface area contributed by atoms with Crippen LogP contribution in [0.2, 0.25) is 0 Å². The molecular formula is C19H21N3OS. The highest BCUT2D eigenvalue weighted by molar-refractivity contribution is 7.15. The lowest BCUT2D eigenvalue weighted by Gasteiger charge is -2.08. The first-order valence-corrected chi connectivity index (χ1v) is 9.20. The second-order valence-corrected chi connectivity index (χ2v) is 7.49. The molecule has 0 radical (unpaired) electrons. The molecule has 3 aromatic rings. The van der Waals surface area contributed by atoms with Gasteiger partial charge in [0.05, 0.1) is 33.9 Å². The van der Waals surface area contributed by atoms with Crippen LogP contribution in [0.15, 0.2) is 36.5 Å². The van der Waals surface area contributed by atoms with Gasteiger partial charge >= 0.3 is 0 Å². The van der Waals surface area contributed by atoms with E-state index in [-0.39, 0.29) is 0 Å². The lowest BCUT2D eigenvalue weighted by atomic mass is 10.1. The third-order valence-corrected chi connectivity index (χ3v) is 5.50. The van der Waals surface area contributed by atoms with Gasteiger partial charge in [-0.25, -0.2) is 4.98 Å². The molecule has 0 N–H and O–H groups in total. The third kappa shape index (κ3) is 3.14. The number of aromatic nitrogens is 3. The number of hydrogen-bond donors (Lipinski definition) is 0. The van der Waals surface area contributed by atoms with E-state index in [4.69, 9.17) is 9.84 Å². The first-order chi connectivity index (χ1) is 11.7. The van der Waals surface area contributed by atoms with Crippen LogP contribution in [-0.4, -0.2) is 27.5 Å². The zero-order valence-electron chi connectivity index (χ0n) is 14.0. The van der Waals surface area contributed by atoms with Crippen LogP contribution in [0.1, 0.15) is 23.5 Å². The topological polar surface area (TPSA) is 39.9 Å². The Labute approximate surface area is 146 Å². The summed E-state index contributed by atoms with van der Waals surface area (Å²) in [5.74, 6) is 0. The minimum absolute atomic E-state index is 0.312. The van der Waals surface area contributed by atoms with Crippen LogP contribution in [0.5, 0.6) is 0 Å². The summed E-state index contributed by atoms with van der Waals surface area (Å²) in [5.41, 5.74) is 4.46. The molecule has 0 spiro atoms.